The van der Waals surface area contributed by atoms with E-state index in [4.69, 9.17) is 4.74 Å². The summed E-state index contributed by atoms with van der Waals surface area (Å²) in [5, 5.41) is 0. The van der Waals surface area contributed by atoms with Crippen molar-refractivity contribution in [3.8, 4) is 5.75 Å². The highest BCUT2D eigenvalue weighted by Crippen LogP contribution is 2.24. The number of methoxy groups -OCH3 is 1. The van der Waals surface area contributed by atoms with Gasteiger partial charge < -0.3 is 14.5 Å². The summed E-state index contributed by atoms with van der Waals surface area (Å²) in [6.45, 7) is 5.22. The first-order valence-electron chi connectivity index (χ1n) is 10.2. The molecule has 2 heterocycles. The van der Waals surface area contributed by atoms with Gasteiger partial charge in [0, 0.05) is 38.4 Å². The monoisotopic (exact) mass is 379 g/mol. The Hall–Kier alpha value is -2.53. The van der Waals surface area contributed by atoms with E-state index in [-0.39, 0.29) is 6.04 Å². The first-order valence-corrected chi connectivity index (χ1v) is 10.2. The van der Waals surface area contributed by atoms with Crippen molar-refractivity contribution in [2.24, 2.45) is 0 Å². The maximum Gasteiger partial charge on any atom is 0.240 e. The molecule has 2 aromatic carbocycles. The molecule has 148 valence electrons. The minimum Gasteiger partial charge on any atom is -0.497 e. The molecule has 4 rings (SSSR count). The Morgan fingerprint density at radius 2 is 1.68 bits per heavy atom. The van der Waals surface area contributed by atoms with Crippen LogP contribution in [0.4, 0.5) is 5.69 Å². The second-order valence-corrected chi connectivity index (χ2v) is 7.62. The Morgan fingerprint density at radius 3 is 2.36 bits per heavy atom. The van der Waals surface area contributed by atoms with Gasteiger partial charge in [-0.1, -0.05) is 30.3 Å². The molecule has 2 aromatic rings. The predicted octanol–water partition coefficient (Wildman–Crippen LogP) is 3.01. The summed E-state index contributed by atoms with van der Waals surface area (Å²) in [6, 6.07) is 18.7. The Labute approximate surface area is 167 Å². The second kappa shape index (κ2) is 8.65. The Morgan fingerprint density at radius 1 is 0.964 bits per heavy atom. The van der Waals surface area contributed by atoms with Gasteiger partial charge in [0.25, 0.3) is 0 Å². The molecule has 0 aliphatic carbocycles. The SMILES string of the molecule is COc1ccc(N2CCN(C(=O)[C@H]3CCCN3Cc3ccccc3)CC2)cc1. The number of benzene rings is 2. The topological polar surface area (TPSA) is 36.0 Å². The standard InChI is InChI=1S/C23H29N3O2/c1-28-21-11-9-20(10-12-21)24-14-16-25(17-15-24)23(27)22-8-5-13-26(22)18-19-6-3-2-4-7-19/h2-4,6-7,9-12,22H,5,8,13-18H2,1H3/t22-/m1/s1. The largest absolute Gasteiger partial charge is 0.497 e. The van der Waals surface area contributed by atoms with E-state index in [9.17, 15) is 4.79 Å². The van der Waals surface area contributed by atoms with Gasteiger partial charge in [0.15, 0.2) is 0 Å². The number of amides is 1. The van der Waals surface area contributed by atoms with Gasteiger partial charge in [0.05, 0.1) is 13.2 Å². The fraction of sp³-hybridized carbons (Fsp3) is 0.435. The maximum atomic E-state index is 13.2. The van der Waals surface area contributed by atoms with Crippen molar-refractivity contribution in [1.29, 1.82) is 0 Å². The molecule has 28 heavy (non-hydrogen) atoms. The fourth-order valence-electron chi connectivity index (χ4n) is 4.30. The summed E-state index contributed by atoms with van der Waals surface area (Å²) in [5.74, 6) is 1.18. The van der Waals surface area contributed by atoms with Crippen LogP contribution in [0.15, 0.2) is 54.6 Å². The molecule has 0 N–H and O–H groups in total. The molecule has 2 aliphatic heterocycles. The zero-order chi connectivity index (χ0) is 19.3. The number of hydrogen-bond donors (Lipinski definition) is 0. The molecule has 1 atom stereocenters. The molecule has 0 spiro atoms. The van der Waals surface area contributed by atoms with Crippen LogP contribution >= 0.6 is 0 Å². The summed E-state index contributed by atoms with van der Waals surface area (Å²) in [4.78, 5) is 19.9. The van der Waals surface area contributed by atoms with Gasteiger partial charge in [-0.05, 0) is 49.2 Å². The predicted molar refractivity (Wildman–Crippen MR) is 112 cm³/mol. The maximum absolute atomic E-state index is 13.2. The molecule has 0 radical (unpaired) electrons. The van der Waals surface area contributed by atoms with Gasteiger partial charge in [0.2, 0.25) is 5.91 Å². The van der Waals surface area contributed by atoms with Crippen molar-refractivity contribution in [2.75, 3.05) is 44.7 Å². The molecule has 5 heteroatoms. The number of carbonyl (C=O) groups excluding carboxylic acids is 1. The first kappa shape index (κ1) is 18.8. The van der Waals surface area contributed by atoms with Gasteiger partial charge in [0.1, 0.15) is 5.75 Å². The van der Waals surface area contributed by atoms with Crippen LogP contribution in [0.25, 0.3) is 0 Å². The number of piperazine rings is 1. The zero-order valence-corrected chi connectivity index (χ0v) is 16.6. The van der Waals surface area contributed by atoms with E-state index < -0.39 is 0 Å². The van der Waals surface area contributed by atoms with Crippen LogP contribution in [0.3, 0.4) is 0 Å². The molecule has 1 amide bonds. The van der Waals surface area contributed by atoms with E-state index in [0.717, 1.165) is 57.9 Å². The van der Waals surface area contributed by atoms with Crippen molar-refractivity contribution in [1.82, 2.24) is 9.80 Å². The average Bonchev–Trinajstić information content (AvgIpc) is 3.22. The smallest absolute Gasteiger partial charge is 0.240 e. The molecular formula is C23H29N3O2. The highest BCUT2D eigenvalue weighted by atomic mass is 16.5. The minimum absolute atomic E-state index is 0.0349. The summed E-state index contributed by atoms with van der Waals surface area (Å²) in [6.07, 6.45) is 2.08. The van der Waals surface area contributed by atoms with Gasteiger partial charge in [-0.15, -0.1) is 0 Å². The van der Waals surface area contributed by atoms with Gasteiger partial charge >= 0.3 is 0 Å². The summed E-state index contributed by atoms with van der Waals surface area (Å²) >= 11 is 0. The molecular weight excluding hydrogens is 350 g/mol. The molecule has 0 unspecified atom stereocenters. The number of anilines is 1. The normalized spacial score (nSPS) is 20.4. The molecule has 2 aliphatic rings. The van der Waals surface area contributed by atoms with Crippen LogP contribution < -0.4 is 9.64 Å². The van der Waals surface area contributed by atoms with Crippen LogP contribution in [0.2, 0.25) is 0 Å². The number of carbonyl (C=O) groups is 1. The lowest BCUT2D eigenvalue weighted by Crippen LogP contribution is -2.53. The Kier molecular flexibility index (Phi) is 5.81. The van der Waals surface area contributed by atoms with Crippen molar-refractivity contribution in [2.45, 2.75) is 25.4 Å². The third-order valence-electron chi connectivity index (χ3n) is 5.91. The quantitative estimate of drug-likeness (QED) is 0.800. The van der Waals surface area contributed by atoms with E-state index in [1.165, 1.54) is 11.3 Å². The molecule has 5 nitrogen and oxygen atoms in total. The van der Waals surface area contributed by atoms with Crippen LogP contribution in [0.5, 0.6) is 5.75 Å². The van der Waals surface area contributed by atoms with Crippen molar-refractivity contribution < 1.29 is 9.53 Å². The summed E-state index contributed by atoms with van der Waals surface area (Å²) < 4.78 is 5.24. The average molecular weight is 380 g/mol. The fourth-order valence-corrected chi connectivity index (χ4v) is 4.30. The molecule has 2 saturated heterocycles. The van der Waals surface area contributed by atoms with E-state index >= 15 is 0 Å². The van der Waals surface area contributed by atoms with E-state index in [1.807, 2.05) is 18.2 Å². The van der Waals surface area contributed by atoms with E-state index in [2.05, 4.69) is 51.1 Å². The first-order chi connectivity index (χ1) is 13.7. The van der Waals surface area contributed by atoms with Crippen molar-refractivity contribution in [3.63, 3.8) is 0 Å². The van der Waals surface area contributed by atoms with Crippen molar-refractivity contribution in [3.05, 3.63) is 60.2 Å². The second-order valence-electron chi connectivity index (χ2n) is 7.62. The number of likely N-dealkylation sites (tertiary alicyclic amines) is 1. The van der Waals surface area contributed by atoms with Crippen LogP contribution in [-0.4, -0.2) is 61.6 Å². The number of rotatable bonds is 5. The lowest BCUT2D eigenvalue weighted by molar-refractivity contribution is -0.136. The molecule has 0 aromatic heterocycles. The Balaban J connectivity index is 1.34. The summed E-state index contributed by atoms with van der Waals surface area (Å²) in [5.41, 5.74) is 2.48. The zero-order valence-electron chi connectivity index (χ0n) is 16.6. The van der Waals surface area contributed by atoms with Crippen LogP contribution in [-0.2, 0) is 11.3 Å². The van der Waals surface area contributed by atoms with Crippen LogP contribution in [0.1, 0.15) is 18.4 Å². The third kappa shape index (κ3) is 4.14. The number of nitrogens with zero attached hydrogens (tertiary/aromatic N) is 3. The molecule has 0 bridgehead atoms. The molecule has 2 fully saturated rings. The lowest BCUT2D eigenvalue weighted by Gasteiger charge is -2.38. The molecule has 0 saturated carbocycles. The van der Waals surface area contributed by atoms with Crippen molar-refractivity contribution >= 4 is 11.6 Å². The van der Waals surface area contributed by atoms with Gasteiger partial charge in [-0.2, -0.15) is 0 Å². The highest BCUT2D eigenvalue weighted by Gasteiger charge is 2.34. The number of hydrogen-bond acceptors (Lipinski definition) is 4. The summed E-state index contributed by atoms with van der Waals surface area (Å²) in [7, 11) is 1.68. The highest BCUT2D eigenvalue weighted by molar-refractivity contribution is 5.82. The van der Waals surface area contributed by atoms with Gasteiger partial charge in [-0.3, -0.25) is 9.69 Å². The van der Waals surface area contributed by atoms with Gasteiger partial charge in [-0.25, -0.2) is 0 Å². The Bertz CT molecular complexity index is 770. The van der Waals surface area contributed by atoms with E-state index in [0.29, 0.717) is 5.91 Å². The number of ether oxygens (including phenoxy) is 1. The minimum atomic E-state index is 0.0349. The lowest BCUT2D eigenvalue weighted by atomic mass is 10.1. The van der Waals surface area contributed by atoms with E-state index in [1.54, 1.807) is 7.11 Å². The van der Waals surface area contributed by atoms with Crippen LogP contribution in [0, 0.1) is 0 Å². The third-order valence-corrected chi connectivity index (χ3v) is 5.91.